The molecule has 0 saturated heterocycles. The first-order chi connectivity index (χ1) is 8.24. The average molecular weight is 231 g/mol. The third-order valence-corrected chi connectivity index (χ3v) is 2.33. The highest BCUT2D eigenvalue weighted by atomic mass is 16.5. The van der Waals surface area contributed by atoms with Crippen molar-refractivity contribution in [2.45, 2.75) is 0 Å². The number of anilines is 1. The molecule has 0 bridgehead atoms. The monoisotopic (exact) mass is 231 g/mol. The Bertz CT molecular complexity index is 529. The van der Waals surface area contributed by atoms with Crippen LogP contribution < -0.4 is 15.2 Å². The van der Waals surface area contributed by atoms with Crippen LogP contribution in [0.4, 0.5) is 5.82 Å². The van der Waals surface area contributed by atoms with Crippen LogP contribution in [-0.4, -0.2) is 24.2 Å². The van der Waals surface area contributed by atoms with Crippen molar-refractivity contribution >= 4 is 5.82 Å². The molecule has 5 nitrogen and oxygen atoms in total. The lowest BCUT2D eigenvalue weighted by Crippen LogP contribution is -1.97. The quantitative estimate of drug-likeness (QED) is 0.871. The molecule has 1 aromatic carbocycles. The van der Waals surface area contributed by atoms with Crippen molar-refractivity contribution in [2.75, 3.05) is 20.0 Å². The molecule has 2 rings (SSSR count). The fraction of sp³-hybridized carbons (Fsp3) is 0.167. The fourth-order valence-electron chi connectivity index (χ4n) is 1.49. The highest BCUT2D eigenvalue weighted by Gasteiger charge is 2.09. The molecule has 2 N–H and O–H groups in total. The molecule has 0 aliphatic rings. The highest BCUT2D eigenvalue weighted by molar-refractivity contribution is 5.66. The van der Waals surface area contributed by atoms with E-state index in [-0.39, 0.29) is 0 Å². The number of ether oxygens (including phenoxy) is 2. The van der Waals surface area contributed by atoms with Crippen LogP contribution in [0.3, 0.4) is 0 Å². The van der Waals surface area contributed by atoms with E-state index in [1.807, 2.05) is 12.1 Å². The van der Waals surface area contributed by atoms with E-state index in [1.165, 1.54) is 0 Å². The summed E-state index contributed by atoms with van der Waals surface area (Å²) in [5, 5.41) is 0. The zero-order valence-corrected chi connectivity index (χ0v) is 9.68. The second kappa shape index (κ2) is 4.69. The maximum Gasteiger partial charge on any atom is 0.165 e. The largest absolute Gasteiger partial charge is 0.497 e. The van der Waals surface area contributed by atoms with Crippen molar-refractivity contribution in [3.8, 4) is 22.9 Å². The van der Waals surface area contributed by atoms with E-state index < -0.39 is 0 Å². The minimum absolute atomic E-state index is 0.424. The number of hydrogen-bond acceptors (Lipinski definition) is 5. The number of nitrogens with zero attached hydrogens (tertiary/aromatic N) is 2. The molecule has 0 amide bonds. The molecule has 0 aliphatic heterocycles. The second-order valence-corrected chi connectivity index (χ2v) is 3.37. The Kier molecular flexibility index (Phi) is 3.09. The van der Waals surface area contributed by atoms with Crippen molar-refractivity contribution in [1.29, 1.82) is 0 Å². The van der Waals surface area contributed by atoms with Gasteiger partial charge in [0.15, 0.2) is 5.82 Å². The minimum Gasteiger partial charge on any atom is -0.497 e. The lowest BCUT2D eigenvalue weighted by molar-refractivity contribution is 0.395. The summed E-state index contributed by atoms with van der Waals surface area (Å²) >= 11 is 0. The summed E-state index contributed by atoms with van der Waals surface area (Å²) in [6.07, 6.45) is 1.61. The minimum atomic E-state index is 0.424. The van der Waals surface area contributed by atoms with Gasteiger partial charge in [0.2, 0.25) is 0 Å². The summed E-state index contributed by atoms with van der Waals surface area (Å²) in [6, 6.07) is 7.08. The van der Waals surface area contributed by atoms with Gasteiger partial charge in [-0.3, -0.25) is 0 Å². The summed E-state index contributed by atoms with van der Waals surface area (Å²) in [5.74, 6) is 2.32. The van der Waals surface area contributed by atoms with Crippen molar-refractivity contribution in [3.63, 3.8) is 0 Å². The van der Waals surface area contributed by atoms with E-state index in [0.717, 1.165) is 11.3 Å². The number of hydrogen-bond donors (Lipinski definition) is 1. The van der Waals surface area contributed by atoms with Crippen LogP contribution in [0.2, 0.25) is 0 Å². The van der Waals surface area contributed by atoms with Crippen LogP contribution in [0, 0.1) is 0 Å². The van der Waals surface area contributed by atoms with Gasteiger partial charge in [0.1, 0.15) is 17.3 Å². The molecule has 0 aliphatic carbocycles. The van der Waals surface area contributed by atoms with Crippen LogP contribution in [0.1, 0.15) is 0 Å². The Balaban J connectivity index is 2.51. The topological polar surface area (TPSA) is 70.3 Å². The van der Waals surface area contributed by atoms with Crippen molar-refractivity contribution < 1.29 is 9.47 Å². The number of benzene rings is 1. The first kappa shape index (κ1) is 11.2. The molecule has 2 aromatic rings. The third-order valence-electron chi connectivity index (χ3n) is 2.33. The van der Waals surface area contributed by atoms with Gasteiger partial charge in [0.05, 0.1) is 19.8 Å². The first-order valence-electron chi connectivity index (χ1n) is 5.05. The SMILES string of the molecule is COc1ccc(-c2nccc(N)n2)c(OC)c1. The van der Waals surface area contributed by atoms with Gasteiger partial charge in [-0.05, 0) is 18.2 Å². The first-order valence-corrected chi connectivity index (χ1v) is 5.05. The molecule has 0 saturated carbocycles. The maximum atomic E-state index is 5.63. The molecule has 88 valence electrons. The van der Waals surface area contributed by atoms with Gasteiger partial charge in [-0.1, -0.05) is 0 Å². The van der Waals surface area contributed by atoms with E-state index in [4.69, 9.17) is 15.2 Å². The highest BCUT2D eigenvalue weighted by Crippen LogP contribution is 2.31. The number of rotatable bonds is 3. The smallest absolute Gasteiger partial charge is 0.165 e. The summed E-state index contributed by atoms with van der Waals surface area (Å²) in [6.45, 7) is 0. The fourth-order valence-corrected chi connectivity index (χ4v) is 1.49. The molecule has 0 fully saturated rings. The van der Waals surface area contributed by atoms with Crippen LogP contribution in [0.5, 0.6) is 11.5 Å². The molecule has 5 heteroatoms. The van der Waals surface area contributed by atoms with Crippen molar-refractivity contribution in [2.24, 2.45) is 0 Å². The molecule has 1 heterocycles. The zero-order chi connectivity index (χ0) is 12.3. The van der Waals surface area contributed by atoms with Crippen LogP contribution in [0.15, 0.2) is 30.5 Å². The lowest BCUT2D eigenvalue weighted by Gasteiger charge is -2.09. The Morgan fingerprint density at radius 2 is 1.94 bits per heavy atom. The standard InChI is InChI=1S/C12H13N3O2/c1-16-8-3-4-9(10(7-8)17-2)12-14-6-5-11(13)15-12/h3-7H,1-2H3,(H2,13,14,15). The summed E-state index contributed by atoms with van der Waals surface area (Å²) < 4.78 is 10.4. The maximum absolute atomic E-state index is 5.63. The zero-order valence-electron chi connectivity index (χ0n) is 9.68. The number of methoxy groups -OCH3 is 2. The van der Waals surface area contributed by atoms with Crippen molar-refractivity contribution in [1.82, 2.24) is 9.97 Å². The van der Waals surface area contributed by atoms with Gasteiger partial charge in [0.25, 0.3) is 0 Å². The molecular weight excluding hydrogens is 218 g/mol. The number of nitrogen functional groups attached to an aromatic ring is 1. The van der Waals surface area contributed by atoms with Gasteiger partial charge in [-0.15, -0.1) is 0 Å². The normalized spacial score (nSPS) is 10.0. The van der Waals surface area contributed by atoms with Crippen LogP contribution in [0.25, 0.3) is 11.4 Å². The Morgan fingerprint density at radius 1 is 1.12 bits per heavy atom. The molecular formula is C12H13N3O2. The predicted octanol–water partition coefficient (Wildman–Crippen LogP) is 1.74. The Labute approximate surface area is 99.2 Å². The van der Waals surface area contributed by atoms with E-state index in [0.29, 0.717) is 17.4 Å². The van der Waals surface area contributed by atoms with Crippen LogP contribution >= 0.6 is 0 Å². The summed E-state index contributed by atoms with van der Waals surface area (Å²) in [7, 11) is 3.19. The third kappa shape index (κ3) is 2.28. The molecule has 0 atom stereocenters. The van der Waals surface area contributed by atoms with E-state index in [9.17, 15) is 0 Å². The lowest BCUT2D eigenvalue weighted by atomic mass is 10.1. The molecule has 0 unspecified atom stereocenters. The Hall–Kier alpha value is -2.30. The predicted molar refractivity (Wildman–Crippen MR) is 65.0 cm³/mol. The molecule has 0 radical (unpaired) electrons. The number of nitrogens with two attached hydrogens (primary N) is 1. The van der Waals surface area contributed by atoms with Crippen LogP contribution in [-0.2, 0) is 0 Å². The van der Waals surface area contributed by atoms with Gasteiger partial charge in [-0.2, -0.15) is 0 Å². The molecule has 17 heavy (non-hydrogen) atoms. The molecule has 1 aromatic heterocycles. The van der Waals surface area contributed by atoms with E-state index >= 15 is 0 Å². The van der Waals surface area contributed by atoms with Gasteiger partial charge >= 0.3 is 0 Å². The van der Waals surface area contributed by atoms with Gasteiger partial charge < -0.3 is 15.2 Å². The second-order valence-electron chi connectivity index (χ2n) is 3.37. The van der Waals surface area contributed by atoms with E-state index in [1.54, 1.807) is 32.5 Å². The summed E-state index contributed by atoms with van der Waals surface area (Å²) in [4.78, 5) is 8.32. The average Bonchev–Trinajstić information content (AvgIpc) is 2.38. The molecule has 0 spiro atoms. The summed E-state index contributed by atoms with van der Waals surface area (Å²) in [5.41, 5.74) is 6.41. The number of aromatic nitrogens is 2. The van der Waals surface area contributed by atoms with E-state index in [2.05, 4.69) is 9.97 Å². The van der Waals surface area contributed by atoms with Gasteiger partial charge in [-0.25, -0.2) is 9.97 Å². The van der Waals surface area contributed by atoms with Crippen molar-refractivity contribution in [3.05, 3.63) is 30.5 Å². The van der Waals surface area contributed by atoms with Gasteiger partial charge in [0, 0.05) is 12.3 Å². The Morgan fingerprint density at radius 3 is 2.59 bits per heavy atom.